The van der Waals surface area contributed by atoms with Gasteiger partial charge in [-0.3, -0.25) is 0 Å². The maximum atomic E-state index is 6.07. The lowest BCUT2D eigenvalue weighted by Gasteiger charge is -2.23. The Morgan fingerprint density at radius 3 is 2.76 bits per heavy atom. The van der Waals surface area contributed by atoms with Gasteiger partial charge in [-0.15, -0.1) is 5.10 Å². The molecule has 1 aliphatic carbocycles. The summed E-state index contributed by atoms with van der Waals surface area (Å²) in [5.74, 6) is 0.548. The average Bonchev–Trinajstić information content (AvgIpc) is 2.91. The zero-order valence-electron chi connectivity index (χ0n) is 12.1. The van der Waals surface area contributed by atoms with Crippen molar-refractivity contribution in [2.45, 2.75) is 51.1 Å². The van der Waals surface area contributed by atoms with E-state index in [0.29, 0.717) is 19.0 Å². The van der Waals surface area contributed by atoms with Gasteiger partial charge in [-0.25, -0.2) is 4.68 Å². The molecule has 5 heteroatoms. The van der Waals surface area contributed by atoms with Crippen molar-refractivity contribution in [1.29, 1.82) is 0 Å². The highest BCUT2D eigenvalue weighted by Gasteiger charge is 2.23. The summed E-state index contributed by atoms with van der Waals surface area (Å²) in [6.07, 6.45) is 6.35. The van der Waals surface area contributed by atoms with Crippen LogP contribution in [-0.2, 0) is 13.1 Å². The van der Waals surface area contributed by atoms with Crippen molar-refractivity contribution in [3.63, 3.8) is 0 Å². The van der Waals surface area contributed by atoms with E-state index in [-0.39, 0.29) is 0 Å². The van der Waals surface area contributed by atoms with E-state index in [1.807, 2.05) is 22.9 Å². The average molecular weight is 305 g/mol. The molecular weight excluding hydrogens is 284 g/mol. The molecule has 0 amide bonds. The van der Waals surface area contributed by atoms with Crippen molar-refractivity contribution in [2.24, 2.45) is 5.73 Å². The third-order valence-electron chi connectivity index (χ3n) is 4.25. The highest BCUT2D eigenvalue weighted by molar-refractivity contribution is 6.30. The molecule has 2 N–H and O–H groups in total. The number of halogens is 1. The highest BCUT2D eigenvalue weighted by atomic mass is 35.5. The number of nitrogens with two attached hydrogens (primary N) is 1. The molecule has 1 aliphatic rings. The Bertz CT molecular complexity index is 602. The highest BCUT2D eigenvalue weighted by Crippen LogP contribution is 2.34. The molecule has 2 aromatic rings. The first-order valence-electron chi connectivity index (χ1n) is 7.64. The first-order valence-corrected chi connectivity index (χ1v) is 8.02. The molecule has 4 nitrogen and oxygen atoms in total. The van der Waals surface area contributed by atoms with E-state index in [9.17, 15) is 0 Å². The summed E-state index contributed by atoms with van der Waals surface area (Å²) in [6, 6.07) is 7.91. The van der Waals surface area contributed by atoms with Crippen molar-refractivity contribution < 1.29 is 0 Å². The van der Waals surface area contributed by atoms with Gasteiger partial charge in [0.2, 0.25) is 0 Å². The van der Waals surface area contributed by atoms with Crippen molar-refractivity contribution >= 4 is 11.6 Å². The molecule has 0 radical (unpaired) electrons. The minimum atomic E-state index is 0.460. The summed E-state index contributed by atoms with van der Waals surface area (Å²) >= 11 is 6.07. The number of aromatic nitrogens is 3. The Hall–Kier alpha value is -1.39. The predicted molar refractivity (Wildman–Crippen MR) is 84.3 cm³/mol. The van der Waals surface area contributed by atoms with E-state index in [1.165, 1.54) is 37.8 Å². The summed E-state index contributed by atoms with van der Waals surface area (Å²) < 4.78 is 2.02. The van der Waals surface area contributed by atoms with Gasteiger partial charge in [0.1, 0.15) is 0 Å². The van der Waals surface area contributed by atoms with Crippen LogP contribution in [-0.4, -0.2) is 15.0 Å². The molecule has 0 aliphatic heterocycles. The first kappa shape index (κ1) is 14.5. The lowest BCUT2D eigenvalue weighted by atomic mass is 9.86. The topological polar surface area (TPSA) is 56.7 Å². The van der Waals surface area contributed by atoms with E-state index < -0.39 is 0 Å². The third-order valence-corrected chi connectivity index (χ3v) is 4.49. The van der Waals surface area contributed by atoms with Crippen LogP contribution < -0.4 is 5.73 Å². The van der Waals surface area contributed by atoms with Gasteiger partial charge in [0.05, 0.1) is 17.9 Å². The van der Waals surface area contributed by atoms with Gasteiger partial charge >= 0.3 is 0 Å². The standard InChI is InChI=1S/C16H21ClN4/c17-14-8-4-5-12(9-14)11-21-16(15(10-18)19-20-21)13-6-2-1-3-7-13/h4-5,8-9,13H,1-3,6-7,10-11,18H2. The zero-order chi connectivity index (χ0) is 14.7. The molecule has 1 saturated carbocycles. The Labute approximate surface area is 130 Å². The fraction of sp³-hybridized carbons (Fsp3) is 0.500. The molecule has 21 heavy (non-hydrogen) atoms. The zero-order valence-corrected chi connectivity index (χ0v) is 12.9. The molecule has 0 spiro atoms. The minimum absolute atomic E-state index is 0.460. The summed E-state index contributed by atoms with van der Waals surface area (Å²) in [4.78, 5) is 0. The van der Waals surface area contributed by atoms with E-state index in [4.69, 9.17) is 17.3 Å². The molecule has 0 saturated heterocycles. The summed E-state index contributed by atoms with van der Waals surface area (Å²) in [7, 11) is 0. The maximum absolute atomic E-state index is 6.07. The maximum Gasteiger partial charge on any atom is 0.0997 e. The second-order valence-corrected chi connectivity index (χ2v) is 6.18. The van der Waals surface area contributed by atoms with Crippen LogP contribution in [0.3, 0.4) is 0 Å². The van der Waals surface area contributed by atoms with Gasteiger partial charge in [0, 0.05) is 17.5 Å². The first-order chi connectivity index (χ1) is 10.3. The van der Waals surface area contributed by atoms with Crippen molar-refractivity contribution in [2.75, 3.05) is 0 Å². The number of hydrogen-bond acceptors (Lipinski definition) is 3. The largest absolute Gasteiger partial charge is 0.325 e. The van der Waals surface area contributed by atoms with Gasteiger partial charge in [-0.1, -0.05) is 48.2 Å². The van der Waals surface area contributed by atoms with Crippen LogP contribution in [0, 0.1) is 0 Å². The Kier molecular flexibility index (Phi) is 4.56. The molecule has 112 valence electrons. The Morgan fingerprint density at radius 2 is 2.05 bits per heavy atom. The van der Waals surface area contributed by atoms with Crippen LogP contribution in [0.5, 0.6) is 0 Å². The molecule has 0 unspecified atom stereocenters. The van der Waals surface area contributed by atoms with Crippen LogP contribution >= 0.6 is 11.6 Å². The van der Waals surface area contributed by atoms with Gasteiger partial charge in [-0.05, 0) is 30.5 Å². The predicted octanol–water partition coefficient (Wildman–Crippen LogP) is 3.49. The second-order valence-electron chi connectivity index (χ2n) is 5.75. The molecule has 1 heterocycles. The molecule has 0 atom stereocenters. The molecule has 1 aromatic heterocycles. The van der Waals surface area contributed by atoms with Crippen molar-refractivity contribution in [1.82, 2.24) is 15.0 Å². The van der Waals surface area contributed by atoms with Gasteiger partial charge < -0.3 is 5.73 Å². The van der Waals surface area contributed by atoms with Gasteiger partial charge in [0.25, 0.3) is 0 Å². The van der Waals surface area contributed by atoms with Crippen LogP contribution in [0.1, 0.15) is 55.0 Å². The smallest absolute Gasteiger partial charge is 0.0997 e. The number of benzene rings is 1. The molecular formula is C16H21ClN4. The third kappa shape index (κ3) is 3.27. The number of rotatable bonds is 4. The van der Waals surface area contributed by atoms with Crippen LogP contribution in [0.2, 0.25) is 5.02 Å². The lowest BCUT2D eigenvalue weighted by molar-refractivity contribution is 0.417. The number of nitrogens with zero attached hydrogens (tertiary/aromatic N) is 3. The Morgan fingerprint density at radius 1 is 1.24 bits per heavy atom. The van der Waals surface area contributed by atoms with Crippen molar-refractivity contribution in [3.05, 3.63) is 46.2 Å². The van der Waals surface area contributed by atoms with Gasteiger partial charge in [0.15, 0.2) is 0 Å². The molecule has 1 fully saturated rings. The lowest BCUT2D eigenvalue weighted by Crippen LogP contribution is -2.15. The van der Waals surface area contributed by atoms with Crippen LogP contribution in [0.25, 0.3) is 0 Å². The van der Waals surface area contributed by atoms with E-state index in [1.54, 1.807) is 0 Å². The SMILES string of the molecule is NCc1nnn(Cc2cccc(Cl)c2)c1C1CCCCC1. The van der Waals surface area contributed by atoms with Crippen LogP contribution in [0.4, 0.5) is 0 Å². The molecule has 1 aromatic carbocycles. The normalized spacial score (nSPS) is 16.3. The summed E-state index contributed by atoms with van der Waals surface area (Å²) in [5, 5.41) is 9.37. The minimum Gasteiger partial charge on any atom is -0.325 e. The van der Waals surface area contributed by atoms with E-state index in [2.05, 4.69) is 16.4 Å². The Balaban J connectivity index is 1.89. The van der Waals surface area contributed by atoms with Gasteiger partial charge in [-0.2, -0.15) is 0 Å². The van der Waals surface area contributed by atoms with E-state index >= 15 is 0 Å². The van der Waals surface area contributed by atoms with Crippen LogP contribution in [0.15, 0.2) is 24.3 Å². The quantitative estimate of drug-likeness (QED) is 0.940. The summed E-state index contributed by atoms with van der Waals surface area (Å²) in [6.45, 7) is 1.17. The molecule has 0 bridgehead atoms. The summed E-state index contributed by atoms with van der Waals surface area (Å²) in [5.41, 5.74) is 9.18. The fourth-order valence-corrected chi connectivity index (χ4v) is 3.46. The number of hydrogen-bond donors (Lipinski definition) is 1. The fourth-order valence-electron chi connectivity index (χ4n) is 3.25. The van der Waals surface area contributed by atoms with Crippen molar-refractivity contribution in [3.8, 4) is 0 Å². The van der Waals surface area contributed by atoms with E-state index in [0.717, 1.165) is 16.3 Å². The second kappa shape index (κ2) is 6.58. The monoisotopic (exact) mass is 304 g/mol. The molecule has 3 rings (SSSR count).